The Morgan fingerprint density at radius 3 is 2.90 bits per heavy atom. The van der Waals surface area contributed by atoms with E-state index in [1.54, 1.807) is 18.5 Å². The first kappa shape index (κ1) is 17.7. The van der Waals surface area contributed by atoms with E-state index in [9.17, 15) is 4.79 Å². The van der Waals surface area contributed by atoms with Gasteiger partial charge in [-0.1, -0.05) is 12.1 Å². The lowest BCUT2D eigenvalue weighted by molar-refractivity contribution is 0.152. The van der Waals surface area contributed by atoms with Crippen molar-refractivity contribution in [3.8, 4) is 0 Å². The maximum Gasteiger partial charge on any atom is 0.191 e. The molecule has 2 aliphatic heterocycles. The van der Waals surface area contributed by atoms with Crippen molar-refractivity contribution in [1.82, 2.24) is 20.9 Å². The molecule has 0 amide bonds. The molecule has 0 bridgehead atoms. The molecule has 0 spiro atoms. The van der Waals surface area contributed by atoms with Crippen LogP contribution in [0, 0.1) is 0 Å². The number of hydrogen-bond donors (Lipinski definition) is 3. The Bertz CT molecular complexity index is 1110. The summed E-state index contributed by atoms with van der Waals surface area (Å²) < 4.78 is 5.55. The van der Waals surface area contributed by atoms with Gasteiger partial charge >= 0.3 is 0 Å². The minimum absolute atomic E-state index is 0. The molecule has 1 fully saturated rings. The van der Waals surface area contributed by atoms with Gasteiger partial charge in [0.05, 0.1) is 23.5 Å². The fourth-order valence-corrected chi connectivity index (χ4v) is 3.73. The zero-order valence-electron chi connectivity index (χ0n) is 15.9. The van der Waals surface area contributed by atoms with Gasteiger partial charge in [-0.15, -0.1) is 5.53 Å². The number of nitrogens with one attached hydrogen (secondary N) is 3. The molecule has 1 saturated heterocycles. The van der Waals surface area contributed by atoms with E-state index in [0.29, 0.717) is 12.0 Å². The minimum Gasteiger partial charge on any atom is -0.380 e. The first-order valence-corrected chi connectivity index (χ1v) is 9.71. The van der Waals surface area contributed by atoms with Gasteiger partial charge in [0, 0.05) is 56.7 Å². The largest absolute Gasteiger partial charge is 0.380 e. The zero-order chi connectivity index (χ0) is 19.6. The van der Waals surface area contributed by atoms with Crippen LogP contribution in [-0.4, -0.2) is 36.3 Å². The molecule has 0 aliphatic carbocycles. The van der Waals surface area contributed by atoms with Crippen molar-refractivity contribution in [2.75, 3.05) is 36.2 Å². The predicted molar refractivity (Wildman–Crippen MR) is 115 cm³/mol. The third-order valence-corrected chi connectivity index (χ3v) is 5.21. The zero-order valence-corrected chi connectivity index (χ0v) is 15.9. The highest BCUT2D eigenvalue weighted by Gasteiger charge is 2.19. The van der Waals surface area contributed by atoms with E-state index in [-0.39, 0.29) is 6.86 Å². The fraction of sp³-hybridized carbons (Fsp3) is 0.238. The number of hydrazine groups is 2. The standard InChI is InChI=1S/C21H22N6O2.H2/c28-19-13-20(26-9-2-11-29-12-10-26)23-21-16(3-1-4-17(19)21)18-14-27(25-24-18)15-5-7-22-8-6-15;/h1,3-8,13-14,24-25H,2,9-12H2,(H,23,28);1H. The van der Waals surface area contributed by atoms with Gasteiger partial charge in [0.1, 0.15) is 5.82 Å². The van der Waals surface area contributed by atoms with Gasteiger partial charge in [-0.25, -0.2) is 0 Å². The van der Waals surface area contributed by atoms with Crippen molar-refractivity contribution in [1.29, 1.82) is 0 Å². The molecule has 2 aromatic heterocycles. The number of rotatable bonds is 3. The van der Waals surface area contributed by atoms with E-state index in [1.807, 2.05) is 41.5 Å². The van der Waals surface area contributed by atoms with Crippen molar-refractivity contribution in [2.24, 2.45) is 0 Å². The average molecular weight is 392 g/mol. The molecular weight excluding hydrogens is 368 g/mol. The van der Waals surface area contributed by atoms with Gasteiger partial charge in [0.25, 0.3) is 0 Å². The summed E-state index contributed by atoms with van der Waals surface area (Å²) in [6.07, 6.45) is 6.40. The molecule has 3 aromatic rings. The highest BCUT2D eigenvalue weighted by Crippen LogP contribution is 2.26. The maximum absolute atomic E-state index is 12.8. The third-order valence-electron chi connectivity index (χ3n) is 5.21. The SMILES string of the molecule is O=c1cc(N2CCCOCC2)[nH]c2c(C3=CN(c4ccncc4)NN3)cccc12.[HH]. The van der Waals surface area contributed by atoms with Crippen LogP contribution in [0.4, 0.5) is 11.5 Å². The molecular formula is C21H24N6O2. The van der Waals surface area contributed by atoms with Crippen LogP contribution in [0.25, 0.3) is 16.6 Å². The number of ether oxygens (including phenoxy) is 1. The second-order valence-electron chi connectivity index (χ2n) is 7.05. The van der Waals surface area contributed by atoms with Gasteiger partial charge in [-0.2, -0.15) is 0 Å². The van der Waals surface area contributed by atoms with E-state index in [1.165, 1.54) is 0 Å². The van der Waals surface area contributed by atoms with Crippen molar-refractivity contribution in [2.45, 2.75) is 6.42 Å². The lowest BCUT2D eigenvalue weighted by Crippen LogP contribution is -2.36. The van der Waals surface area contributed by atoms with Gasteiger partial charge in [0.2, 0.25) is 0 Å². The molecule has 29 heavy (non-hydrogen) atoms. The van der Waals surface area contributed by atoms with Crippen LogP contribution in [-0.2, 0) is 4.74 Å². The molecule has 8 heteroatoms. The average Bonchev–Trinajstić information content (AvgIpc) is 3.09. The molecule has 1 aromatic carbocycles. The smallest absolute Gasteiger partial charge is 0.191 e. The van der Waals surface area contributed by atoms with Crippen LogP contribution < -0.4 is 26.3 Å². The van der Waals surface area contributed by atoms with Crippen molar-refractivity contribution >= 4 is 28.1 Å². The van der Waals surface area contributed by atoms with Crippen LogP contribution in [0.5, 0.6) is 0 Å². The number of hydrogen-bond acceptors (Lipinski definition) is 7. The van der Waals surface area contributed by atoms with Crippen LogP contribution in [0.1, 0.15) is 13.4 Å². The van der Waals surface area contributed by atoms with Crippen molar-refractivity contribution in [3.05, 3.63) is 70.8 Å². The monoisotopic (exact) mass is 392 g/mol. The molecule has 150 valence electrons. The summed E-state index contributed by atoms with van der Waals surface area (Å²) in [5.74, 6) is 0.831. The van der Waals surface area contributed by atoms with E-state index in [0.717, 1.165) is 54.4 Å². The quantitative estimate of drug-likeness (QED) is 0.630. The first-order valence-electron chi connectivity index (χ1n) is 9.71. The van der Waals surface area contributed by atoms with Gasteiger partial charge in [0.15, 0.2) is 5.43 Å². The Hall–Kier alpha value is -3.36. The topological polar surface area (TPSA) is 85.5 Å². The molecule has 5 rings (SSSR count). The number of aromatic amines is 1. The summed E-state index contributed by atoms with van der Waals surface area (Å²) in [6, 6.07) is 11.3. The maximum atomic E-state index is 12.8. The minimum atomic E-state index is 0. The highest BCUT2D eigenvalue weighted by molar-refractivity contribution is 5.92. The number of fused-ring (bicyclic) bond motifs is 1. The fourth-order valence-electron chi connectivity index (χ4n) is 3.73. The van der Waals surface area contributed by atoms with Gasteiger partial charge in [-0.3, -0.25) is 14.8 Å². The van der Waals surface area contributed by atoms with E-state index >= 15 is 0 Å². The van der Waals surface area contributed by atoms with Crippen LogP contribution in [0.3, 0.4) is 0 Å². The van der Waals surface area contributed by atoms with Crippen LogP contribution >= 0.6 is 0 Å². The number of aromatic nitrogens is 2. The number of H-pyrrole nitrogens is 1. The van der Waals surface area contributed by atoms with Crippen LogP contribution in [0.2, 0.25) is 0 Å². The number of benzene rings is 1. The summed E-state index contributed by atoms with van der Waals surface area (Å²) in [7, 11) is 0. The Labute approximate surface area is 169 Å². The third kappa shape index (κ3) is 3.43. The summed E-state index contributed by atoms with van der Waals surface area (Å²) in [5, 5.41) is 2.55. The normalized spacial score (nSPS) is 17.2. The summed E-state index contributed by atoms with van der Waals surface area (Å²) in [5.41, 5.74) is 9.92. The lowest BCUT2D eigenvalue weighted by Gasteiger charge is -2.22. The summed E-state index contributed by atoms with van der Waals surface area (Å²) in [4.78, 5) is 22.6. The molecule has 3 N–H and O–H groups in total. The molecule has 0 atom stereocenters. The van der Waals surface area contributed by atoms with E-state index in [2.05, 4.69) is 25.8 Å². The van der Waals surface area contributed by atoms with Gasteiger partial charge < -0.3 is 20.0 Å². The summed E-state index contributed by atoms with van der Waals surface area (Å²) >= 11 is 0. The molecule has 0 unspecified atom stereocenters. The predicted octanol–water partition coefficient (Wildman–Crippen LogP) is 2.22. The van der Waals surface area contributed by atoms with Gasteiger partial charge in [-0.05, 0) is 24.6 Å². The number of anilines is 2. The van der Waals surface area contributed by atoms with E-state index < -0.39 is 0 Å². The first-order chi connectivity index (χ1) is 14.3. The molecule has 4 heterocycles. The summed E-state index contributed by atoms with van der Waals surface area (Å²) in [6.45, 7) is 3.05. The second-order valence-corrected chi connectivity index (χ2v) is 7.05. The number of pyridine rings is 2. The second kappa shape index (κ2) is 7.57. The Balaban J connectivity index is 0.00000218. The molecule has 2 aliphatic rings. The Morgan fingerprint density at radius 1 is 1.10 bits per heavy atom. The van der Waals surface area contributed by atoms with Crippen molar-refractivity contribution < 1.29 is 6.16 Å². The number of nitrogens with zero attached hydrogens (tertiary/aromatic N) is 3. The Kier molecular flexibility index (Phi) is 4.63. The Morgan fingerprint density at radius 2 is 2.00 bits per heavy atom. The van der Waals surface area contributed by atoms with Crippen LogP contribution in [0.15, 0.2) is 59.8 Å². The molecule has 0 saturated carbocycles. The highest BCUT2D eigenvalue weighted by atomic mass is 16.5. The molecule has 8 nitrogen and oxygen atoms in total. The van der Waals surface area contributed by atoms with Crippen molar-refractivity contribution in [3.63, 3.8) is 0 Å². The molecule has 0 radical (unpaired) electrons. The lowest BCUT2D eigenvalue weighted by atomic mass is 10.1. The van der Waals surface area contributed by atoms with E-state index in [4.69, 9.17) is 4.74 Å². The number of para-hydroxylation sites is 1.